The van der Waals surface area contributed by atoms with Gasteiger partial charge in [0.15, 0.2) is 11.5 Å². The molecule has 1 aliphatic heterocycles. The van der Waals surface area contributed by atoms with Crippen LogP contribution in [0.25, 0.3) is 0 Å². The van der Waals surface area contributed by atoms with Gasteiger partial charge in [0, 0.05) is 23.5 Å². The minimum absolute atomic E-state index is 0.718. The lowest BCUT2D eigenvalue weighted by molar-refractivity contribution is 0.138. The molecule has 1 N–H and O–H groups in total. The average Bonchev–Trinajstić information content (AvgIpc) is 3.29. The quantitative estimate of drug-likeness (QED) is 0.763. The van der Waals surface area contributed by atoms with E-state index in [0.29, 0.717) is 0 Å². The SMILES string of the molecule is Brc1cc2c(cc1CCOCCNC1CC1)OCCCO2. The summed E-state index contributed by atoms with van der Waals surface area (Å²) in [6, 6.07) is 4.82. The molecule has 0 saturated heterocycles. The van der Waals surface area contributed by atoms with E-state index in [1.807, 2.05) is 6.07 Å². The maximum Gasteiger partial charge on any atom is 0.162 e. The van der Waals surface area contributed by atoms with Crippen molar-refractivity contribution in [3.05, 3.63) is 22.2 Å². The first kappa shape index (κ1) is 15.1. The van der Waals surface area contributed by atoms with Gasteiger partial charge in [-0.2, -0.15) is 0 Å². The number of ether oxygens (including phenoxy) is 3. The Hall–Kier alpha value is -0.780. The maximum atomic E-state index is 5.73. The zero-order chi connectivity index (χ0) is 14.5. The van der Waals surface area contributed by atoms with Gasteiger partial charge in [-0.3, -0.25) is 0 Å². The second-order valence-corrected chi connectivity index (χ2v) is 6.39. The first-order valence-corrected chi connectivity index (χ1v) is 8.51. The molecule has 21 heavy (non-hydrogen) atoms. The predicted octanol–water partition coefficient (Wildman–Crippen LogP) is 2.92. The molecular formula is C16H22BrNO3. The van der Waals surface area contributed by atoms with E-state index in [4.69, 9.17) is 14.2 Å². The van der Waals surface area contributed by atoms with Gasteiger partial charge < -0.3 is 19.5 Å². The molecule has 5 heteroatoms. The Morgan fingerprint density at radius 2 is 1.90 bits per heavy atom. The summed E-state index contributed by atoms with van der Waals surface area (Å²) < 4.78 is 18.1. The Labute approximate surface area is 134 Å². The van der Waals surface area contributed by atoms with Crippen LogP contribution in [0.5, 0.6) is 11.5 Å². The van der Waals surface area contributed by atoms with Crippen molar-refractivity contribution in [3.63, 3.8) is 0 Å². The molecule has 0 unspecified atom stereocenters. The number of benzene rings is 1. The van der Waals surface area contributed by atoms with Crippen molar-refractivity contribution in [2.45, 2.75) is 31.7 Å². The maximum absolute atomic E-state index is 5.73. The molecule has 1 aromatic rings. The molecule has 0 atom stereocenters. The van der Waals surface area contributed by atoms with E-state index < -0.39 is 0 Å². The molecule has 0 spiro atoms. The second kappa shape index (κ2) is 7.47. The summed E-state index contributed by atoms with van der Waals surface area (Å²) in [7, 11) is 0. The summed E-state index contributed by atoms with van der Waals surface area (Å²) >= 11 is 3.61. The molecule has 1 fully saturated rings. The molecule has 0 radical (unpaired) electrons. The van der Waals surface area contributed by atoms with Gasteiger partial charge in [-0.25, -0.2) is 0 Å². The first-order chi connectivity index (χ1) is 10.3. The van der Waals surface area contributed by atoms with Crippen molar-refractivity contribution in [2.24, 2.45) is 0 Å². The first-order valence-electron chi connectivity index (χ1n) is 7.72. The average molecular weight is 356 g/mol. The number of fused-ring (bicyclic) bond motifs is 1. The molecular weight excluding hydrogens is 334 g/mol. The van der Waals surface area contributed by atoms with E-state index in [0.717, 1.165) is 67.8 Å². The van der Waals surface area contributed by atoms with Crippen LogP contribution in [-0.2, 0) is 11.2 Å². The van der Waals surface area contributed by atoms with Crippen molar-refractivity contribution in [3.8, 4) is 11.5 Å². The van der Waals surface area contributed by atoms with Crippen LogP contribution < -0.4 is 14.8 Å². The Morgan fingerprint density at radius 3 is 2.67 bits per heavy atom. The Balaban J connectivity index is 1.46. The fraction of sp³-hybridized carbons (Fsp3) is 0.625. The van der Waals surface area contributed by atoms with Crippen LogP contribution in [0, 0.1) is 0 Å². The summed E-state index contributed by atoms with van der Waals surface area (Å²) in [5, 5.41) is 3.44. The lowest BCUT2D eigenvalue weighted by Gasteiger charge is -2.12. The highest BCUT2D eigenvalue weighted by atomic mass is 79.9. The summed E-state index contributed by atoms with van der Waals surface area (Å²) in [5.41, 5.74) is 1.20. The highest BCUT2D eigenvalue weighted by Gasteiger charge is 2.19. The zero-order valence-electron chi connectivity index (χ0n) is 12.2. The van der Waals surface area contributed by atoms with Gasteiger partial charge in [0.05, 0.1) is 26.4 Å². The van der Waals surface area contributed by atoms with Crippen molar-refractivity contribution < 1.29 is 14.2 Å². The molecule has 1 heterocycles. The summed E-state index contributed by atoms with van der Waals surface area (Å²) in [6.07, 6.45) is 4.45. The molecule has 116 valence electrons. The van der Waals surface area contributed by atoms with Crippen LogP contribution in [-0.4, -0.2) is 39.0 Å². The van der Waals surface area contributed by atoms with Crippen molar-refractivity contribution in [2.75, 3.05) is 33.0 Å². The molecule has 0 bridgehead atoms. The summed E-state index contributed by atoms with van der Waals surface area (Å²) in [6.45, 7) is 3.89. The number of nitrogens with one attached hydrogen (secondary N) is 1. The minimum atomic E-state index is 0.718. The van der Waals surface area contributed by atoms with Crippen molar-refractivity contribution >= 4 is 15.9 Å². The van der Waals surface area contributed by atoms with E-state index in [1.165, 1.54) is 18.4 Å². The van der Waals surface area contributed by atoms with Gasteiger partial charge in [0.2, 0.25) is 0 Å². The molecule has 1 aliphatic carbocycles. The normalized spacial score (nSPS) is 17.6. The highest BCUT2D eigenvalue weighted by molar-refractivity contribution is 9.10. The summed E-state index contributed by atoms with van der Waals surface area (Å²) in [4.78, 5) is 0. The highest BCUT2D eigenvalue weighted by Crippen LogP contribution is 2.35. The third kappa shape index (κ3) is 4.59. The van der Waals surface area contributed by atoms with Crippen LogP contribution >= 0.6 is 15.9 Å². The molecule has 0 amide bonds. The van der Waals surface area contributed by atoms with Crippen LogP contribution in [0.4, 0.5) is 0 Å². The monoisotopic (exact) mass is 355 g/mol. The van der Waals surface area contributed by atoms with E-state index in [9.17, 15) is 0 Å². The molecule has 0 aromatic heterocycles. The van der Waals surface area contributed by atoms with E-state index >= 15 is 0 Å². The molecule has 4 nitrogen and oxygen atoms in total. The largest absolute Gasteiger partial charge is 0.490 e. The van der Waals surface area contributed by atoms with E-state index in [-0.39, 0.29) is 0 Å². The topological polar surface area (TPSA) is 39.7 Å². The smallest absolute Gasteiger partial charge is 0.162 e. The second-order valence-electron chi connectivity index (χ2n) is 5.53. The van der Waals surface area contributed by atoms with Crippen molar-refractivity contribution in [1.82, 2.24) is 5.32 Å². The fourth-order valence-corrected chi connectivity index (χ4v) is 2.85. The Morgan fingerprint density at radius 1 is 1.14 bits per heavy atom. The molecule has 2 aliphatic rings. The van der Waals surface area contributed by atoms with Crippen LogP contribution in [0.15, 0.2) is 16.6 Å². The van der Waals surface area contributed by atoms with E-state index in [1.54, 1.807) is 0 Å². The third-order valence-corrected chi connectivity index (χ3v) is 4.43. The Bertz CT molecular complexity index is 477. The molecule has 3 rings (SSSR count). The van der Waals surface area contributed by atoms with Crippen LogP contribution in [0.1, 0.15) is 24.8 Å². The van der Waals surface area contributed by atoms with Crippen LogP contribution in [0.2, 0.25) is 0 Å². The third-order valence-electron chi connectivity index (χ3n) is 3.69. The zero-order valence-corrected chi connectivity index (χ0v) is 13.8. The Kier molecular flexibility index (Phi) is 5.38. The van der Waals surface area contributed by atoms with Gasteiger partial charge in [-0.15, -0.1) is 0 Å². The van der Waals surface area contributed by atoms with Gasteiger partial charge in [0.25, 0.3) is 0 Å². The van der Waals surface area contributed by atoms with Gasteiger partial charge in [0.1, 0.15) is 0 Å². The van der Waals surface area contributed by atoms with Crippen molar-refractivity contribution in [1.29, 1.82) is 0 Å². The lowest BCUT2D eigenvalue weighted by atomic mass is 10.1. The minimum Gasteiger partial charge on any atom is -0.490 e. The standard InChI is InChI=1S/C16H22BrNO3/c17-14-11-16-15(20-6-1-7-21-16)10-12(14)4-8-19-9-5-18-13-2-3-13/h10-11,13,18H,1-9H2. The molecule has 1 saturated carbocycles. The van der Waals surface area contributed by atoms with Crippen LogP contribution in [0.3, 0.4) is 0 Å². The fourth-order valence-electron chi connectivity index (χ4n) is 2.32. The van der Waals surface area contributed by atoms with E-state index in [2.05, 4.69) is 27.3 Å². The van der Waals surface area contributed by atoms with Gasteiger partial charge in [-0.1, -0.05) is 15.9 Å². The van der Waals surface area contributed by atoms with Gasteiger partial charge in [-0.05, 0) is 37.0 Å². The molecule has 1 aromatic carbocycles. The number of hydrogen-bond donors (Lipinski definition) is 1. The number of halogens is 1. The predicted molar refractivity (Wildman–Crippen MR) is 85.3 cm³/mol. The number of rotatable bonds is 7. The number of hydrogen-bond acceptors (Lipinski definition) is 4. The lowest BCUT2D eigenvalue weighted by Crippen LogP contribution is -2.22. The van der Waals surface area contributed by atoms with Gasteiger partial charge >= 0.3 is 0 Å². The summed E-state index contributed by atoms with van der Waals surface area (Å²) in [5.74, 6) is 1.68.